The van der Waals surface area contributed by atoms with Gasteiger partial charge in [0.15, 0.2) is 5.78 Å². The van der Waals surface area contributed by atoms with Gasteiger partial charge in [0.1, 0.15) is 11.4 Å². The molecule has 4 rings (SSSR count). The molecule has 0 atom stereocenters. The number of allylic oxidation sites excluding steroid dienone is 5. The Balaban J connectivity index is 1.89. The minimum atomic E-state index is -0.272. The number of Topliss-reactive ketones (excluding diaryl/α,β-unsaturated/α-hetero) is 1. The fraction of sp³-hybridized carbons (Fsp3) is 0.278. The number of ether oxygens (including phenoxy) is 1. The Hall–Kier alpha value is -2.09. The van der Waals surface area contributed by atoms with Gasteiger partial charge in [-0.15, -0.1) is 0 Å². The van der Waals surface area contributed by atoms with Crippen molar-refractivity contribution in [3.63, 3.8) is 0 Å². The lowest BCUT2D eigenvalue weighted by atomic mass is 9.86. The average molecular weight is 264 g/mol. The lowest BCUT2D eigenvalue weighted by molar-refractivity contribution is 0.0663. The molecule has 2 heteroatoms. The quantitative estimate of drug-likeness (QED) is 0.706. The Kier molecular flexibility index (Phi) is 2.18. The van der Waals surface area contributed by atoms with Crippen LogP contribution >= 0.6 is 0 Å². The van der Waals surface area contributed by atoms with Crippen LogP contribution in [-0.2, 0) is 4.74 Å². The molecule has 0 unspecified atom stereocenters. The second-order valence-electron chi connectivity index (χ2n) is 6.10. The van der Waals surface area contributed by atoms with Gasteiger partial charge in [-0.25, -0.2) is 0 Å². The van der Waals surface area contributed by atoms with Gasteiger partial charge in [-0.3, -0.25) is 4.79 Å². The highest BCUT2D eigenvalue weighted by molar-refractivity contribution is 6.24. The van der Waals surface area contributed by atoms with Crippen molar-refractivity contribution >= 4 is 11.4 Å². The smallest absolute Gasteiger partial charge is 0.194 e. The van der Waals surface area contributed by atoms with E-state index in [-0.39, 0.29) is 11.4 Å². The van der Waals surface area contributed by atoms with Crippen molar-refractivity contribution in [3.05, 3.63) is 64.4 Å². The predicted molar refractivity (Wildman–Crippen MR) is 78.3 cm³/mol. The third kappa shape index (κ3) is 1.48. The summed E-state index contributed by atoms with van der Waals surface area (Å²) in [7, 11) is 0. The molecule has 0 bridgehead atoms. The van der Waals surface area contributed by atoms with Gasteiger partial charge in [-0.05, 0) is 37.5 Å². The highest BCUT2D eigenvalue weighted by Crippen LogP contribution is 2.46. The van der Waals surface area contributed by atoms with Crippen molar-refractivity contribution in [3.8, 4) is 0 Å². The van der Waals surface area contributed by atoms with Crippen LogP contribution in [0.3, 0.4) is 0 Å². The molecule has 20 heavy (non-hydrogen) atoms. The van der Waals surface area contributed by atoms with Gasteiger partial charge in [0, 0.05) is 23.1 Å². The molecule has 1 heterocycles. The van der Waals surface area contributed by atoms with Crippen LogP contribution < -0.4 is 0 Å². The molecule has 0 saturated carbocycles. The number of rotatable bonds is 0. The van der Waals surface area contributed by atoms with Crippen LogP contribution in [-0.4, -0.2) is 11.4 Å². The van der Waals surface area contributed by atoms with Gasteiger partial charge < -0.3 is 4.74 Å². The van der Waals surface area contributed by atoms with Crippen LogP contribution in [0.1, 0.15) is 42.6 Å². The third-order valence-electron chi connectivity index (χ3n) is 4.24. The first kappa shape index (κ1) is 11.7. The Bertz CT molecular complexity index is 730. The van der Waals surface area contributed by atoms with E-state index in [0.29, 0.717) is 0 Å². The molecule has 0 fully saturated rings. The Morgan fingerprint density at radius 3 is 2.65 bits per heavy atom. The van der Waals surface area contributed by atoms with Gasteiger partial charge in [0.05, 0.1) is 0 Å². The first-order valence-corrected chi connectivity index (χ1v) is 7.06. The molecule has 1 aliphatic heterocycles. The molecule has 1 aromatic carbocycles. The zero-order valence-corrected chi connectivity index (χ0v) is 11.7. The largest absolute Gasteiger partial charge is 0.487 e. The molecule has 0 radical (unpaired) electrons. The van der Waals surface area contributed by atoms with Gasteiger partial charge in [0.2, 0.25) is 0 Å². The minimum Gasteiger partial charge on any atom is -0.487 e. The highest BCUT2D eigenvalue weighted by Gasteiger charge is 2.37. The van der Waals surface area contributed by atoms with Crippen molar-refractivity contribution in [1.29, 1.82) is 0 Å². The number of carbonyl (C=O) groups excluding carboxylic acids is 1. The lowest BCUT2D eigenvalue weighted by Gasteiger charge is -2.32. The van der Waals surface area contributed by atoms with Crippen LogP contribution in [0, 0.1) is 0 Å². The Labute approximate surface area is 118 Å². The van der Waals surface area contributed by atoms with E-state index >= 15 is 0 Å². The number of hydrogen-bond donors (Lipinski definition) is 0. The van der Waals surface area contributed by atoms with E-state index in [2.05, 4.69) is 12.1 Å². The fourth-order valence-electron chi connectivity index (χ4n) is 3.33. The summed E-state index contributed by atoms with van der Waals surface area (Å²) in [4.78, 5) is 12.7. The van der Waals surface area contributed by atoms with E-state index < -0.39 is 0 Å². The summed E-state index contributed by atoms with van der Waals surface area (Å²) >= 11 is 0. The van der Waals surface area contributed by atoms with E-state index in [1.54, 1.807) is 0 Å². The Morgan fingerprint density at radius 1 is 1.10 bits per heavy atom. The number of ketones is 1. The maximum absolute atomic E-state index is 12.7. The summed E-state index contributed by atoms with van der Waals surface area (Å²) in [6.45, 7) is 4.09. The molecular formula is C18H16O2. The normalized spacial score (nSPS) is 22.4. The molecule has 3 aliphatic rings. The van der Waals surface area contributed by atoms with Gasteiger partial charge in [0.25, 0.3) is 0 Å². The number of hydrogen-bond acceptors (Lipinski definition) is 2. The number of benzene rings is 1. The second-order valence-corrected chi connectivity index (χ2v) is 6.10. The first-order valence-electron chi connectivity index (χ1n) is 7.06. The van der Waals surface area contributed by atoms with E-state index in [4.69, 9.17) is 4.74 Å². The van der Waals surface area contributed by atoms with E-state index in [1.165, 1.54) is 5.57 Å². The van der Waals surface area contributed by atoms with Crippen LogP contribution in [0.4, 0.5) is 0 Å². The highest BCUT2D eigenvalue weighted by atomic mass is 16.5. The van der Waals surface area contributed by atoms with Crippen molar-refractivity contribution < 1.29 is 9.53 Å². The maximum atomic E-state index is 12.7. The maximum Gasteiger partial charge on any atom is 0.194 e. The summed E-state index contributed by atoms with van der Waals surface area (Å²) in [5.41, 5.74) is 4.72. The molecule has 0 saturated heterocycles. The van der Waals surface area contributed by atoms with Crippen LogP contribution in [0.2, 0.25) is 0 Å². The molecule has 0 aromatic heterocycles. The molecule has 100 valence electrons. The van der Waals surface area contributed by atoms with Crippen LogP contribution in [0.25, 0.3) is 5.57 Å². The zero-order valence-electron chi connectivity index (χ0n) is 11.7. The van der Waals surface area contributed by atoms with Crippen molar-refractivity contribution in [2.75, 3.05) is 0 Å². The van der Waals surface area contributed by atoms with Gasteiger partial charge in [-0.2, -0.15) is 0 Å². The van der Waals surface area contributed by atoms with Gasteiger partial charge >= 0.3 is 0 Å². The van der Waals surface area contributed by atoms with Crippen molar-refractivity contribution in [2.45, 2.75) is 32.3 Å². The SMILES string of the molecule is CC1(C)C=CC2=C(CCC3=C2C(=O)c2ccccc23)O1. The van der Waals surface area contributed by atoms with E-state index in [0.717, 1.165) is 40.9 Å². The standard InChI is InChI=1S/C18H16O2/c1-18(2)10-9-14-15(20-18)8-7-12-11-5-3-4-6-13(11)17(19)16(12)14/h3-6,9-10H,7-8H2,1-2H3. The summed E-state index contributed by atoms with van der Waals surface area (Å²) in [6.07, 6.45) is 5.87. The monoisotopic (exact) mass is 264 g/mol. The second kappa shape index (κ2) is 3.72. The van der Waals surface area contributed by atoms with Crippen LogP contribution in [0.5, 0.6) is 0 Å². The Morgan fingerprint density at radius 2 is 1.85 bits per heavy atom. The molecule has 0 spiro atoms. The third-order valence-corrected chi connectivity index (χ3v) is 4.24. The average Bonchev–Trinajstić information content (AvgIpc) is 2.72. The molecule has 1 aromatic rings. The summed E-state index contributed by atoms with van der Waals surface area (Å²) in [6, 6.07) is 7.91. The molecule has 2 nitrogen and oxygen atoms in total. The topological polar surface area (TPSA) is 26.3 Å². The van der Waals surface area contributed by atoms with Crippen LogP contribution in [0.15, 0.2) is 53.3 Å². The summed E-state index contributed by atoms with van der Waals surface area (Å²) in [5, 5.41) is 0. The minimum absolute atomic E-state index is 0.149. The van der Waals surface area contributed by atoms with Crippen molar-refractivity contribution in [1.82, 2.24) is 0 Å². The first-order chi connectivity index (χ1) is 9.57. The van der Waals surface area contributed by atoms with E-state index in [1.807, 2.05) is 38.1 Å². The zero-order chi connectivity index (χ0) is 13.9. The van der Waals surface area contributed by atoms with E-state index in [9.17, 15) is 4.79 Å². The van der Waals surface area contributed by atoms with Gasteiger partial charge in [-0.1, -0.05) is 30.3 Å². The predicted octanol–water partition coefficient (Wildman–Crippen LogP) is 4.05. The molecule has 0 amide bonds. The number of fused-ring (bicyclic) bond motifs is 3. The number of carbonyl (C=O) groups is 1. The van der Waals surface area contributed by atoms with Crippen molar-refractivity contribution in [2.24, 2.45) is 0 Å². The summed E-state index contributed by atoms with van der Waals surface area (Å²) < 4.78 is 6.04. The molecule has 0 N–H and O–H groups in total. The lowest BCUT2D eigenvalue weighted by Crippen LogP contribution is -2.26. The molecular weight excluding hydrogens is 248 g/mol. The summed E-state index contributed by atoms with van der Waals surface area (Å²) in [5.74, 6) is 1.12. The fourth-order valence-corrected chi connectivity index (χ4v) is 3.33. The molecule has 2 aliphatic carbocycles.